The Kier molecular flexibility index (Phi) is 4.59. The van der Waals surface area contributed by atoms with Crippen molar-refractivity contribution >= 4 is 23.2 Å². The minimum Gasteiger partial charge on any atom is -0.454 e. The average molecular weight is 379 g/mol. The Labute approximate surface area is 159 Å². The van der Waals surface area contributed by atoms with Crippen LogP contribution in [-0.2, 0) is 0 Å². The van der Waals surface area contributed by atoms with E-state index in [0.717, 1.165) is 0 Å². The predicted molar refractivity (Wildman–Crippen MR) is 99.1 cm³/mol. The van der Waals surface area contributed by atoms with Crippen molar-refractivity contribution in [3.05, 3.63) is 77.9 Å². The second kappa shape index (κ2) is 7.36. The number of carbonyl (C=O) groups is 2. The number of amides is 2. The van der Waals surface area contributed by atoms with E-state index in [1.165, 1.54) is 36.5 Å². The normalized spacial score (nSPS) is 11.8. The predicted octanol–water partition coefficient (Wildman–Crippen LogP) is 3.45. The van der Waals surface area contributed by atoms with Crippen molar-refractivity contribution in [3.63, 3.8) is 0 Å². The first-order valence-electron chi connectivity index (χ1n) is 8.32. The molecule has 28 heavy (non-hydrogen) atoms. The summed E-state index contributed by atoms with van der Waals surface area (Å²) in [7, 11) is 0. The molecule has 140 valence electrons. The summed E-state index contributed by atoms with van der Waals surface area (Å²) in [4.78, 5) is 28.8. The number of carbonyl (C=O) groups excluding carboxylic acids is 2. The van der Waals surface area contributed by atoms with Gasteiger partial charge in [-0.05, 0) is 42.5 Å². The first-order valence-corrected chi connectivity index (χ1v) is 8.32. The molecule has 1 aromatic heterocycles. The highest BCUT2D eigenvalue weighted by Crippen LogP contribution is 2.34. The van der Waals surface area contributed by atoms with Gasteiger partial charge in [0.1, 0.15) is 11.5 Å². The Bertz CT molecular complexity index is 1070. The van der Waals surface area contributed by atoms with E-state index in [0.29, 0.717) is 22.9 Å². The number of ether oxygens (including phenoxy) is 2. The van der Waals surface area contributed by atoms with Crippen molar-refractivity contribution in [2.45, 2.75) is 0 Å². The molecule has 1 aliphatic rings. The number of pyridine rings is 1. The Morgan fingerprint density at radius 2 is 1.68 bits per heavy atom. The fourth-order valence-electron chi connectivity index (χ4n) is 2.63. The number of hydrogen-bond donors (Lipinski definition) is 2. The number of fused-ring (bicyclic) bond motifs is 1. The monoisotopic (exact) mass is 379 g/mol. The third-order valence-corrected chi connectivity index (χ3v) is 3.97. The highest BCUT2D eigenvalue weighted by molar-refractivity contribution is 6.07. The van der Waals surface area contributed by atoms with Crippen molar-refractivity contribution in [1.29, 1.82) is 0 Å². The molecule has 0 bridgehead atoms. The van der Waals surface area contributed by atoms with Crippen molar-refractivity contribution in [2.75, 3.05) is 17.4 Å². The summed E-state index contributed by atoms with van der Waals surface area (Å²) in [5, 5.41) is 5.27. The quantitative estimate of drug-likeness (QED) is 0.725. The molecular weight excluding hydrogens is 365 g/mol. The molecule has 1 aliphatic heterocycles. The third kappa shape index (κ3) is 3.75. The van der Waals surface area contributed by atoms with Gasteiger partial charge in [0.25, 0.3) is 11.8 Å². The van der Waals surface area contributed by atoms with Crippen LogP contribution in [0.4, 0.5) is 15.8 Å². The van der Waals surface area contributed by atoms with Crippen LogP contribution >= 0.6 is 0 Å². The van der Waals surface area contributed by atoms with Gasteiger partial charge < -0.3 is 20.1 Å². The number of rotatable bonds is 4. The number of halogens is 1. The summed E-state index contributed by atoms with van der Waals surface area (Å²) < 4.78 is 23.8. The van der Waals surface area contributed by atoms with Gasteiger partial charge in [-0.15, -0.1) is 0 Å². The Hall–Kier alpha value is -3.94. The number of benzene rings is 2. The van der Waals surface area contributed by atoms with E-state index < -0.39 is 17.6 Å². The number of nitrogens with zero attached hydrogens (tertiary/aromatic N) is 1. The standard InChI is InChI=1S/C20H14FN3O4/c21-13-2-1-3-14(9-13)24-20(26)16-8-12(6-7-22-16)19(25)23-15-4-5-17-18(10-15)28-11-27-17/h1-10H,11H2,(H,23,25)(H,24,26). The smallest absolute Gasteiger partial charge is 0.274 e. The van der Waals surface area contributed by atoms with Gasteiger partial charge in [-0.2, -0.15) is 0 Å². The van der Waals surface area contributed by atoms with E-state index in [-0.39, 0.29) is 18.1 Å². The molecule has 0 radical (unpaired) electrons. The van der Waals surface area contributed by atoms with Crippen LogP contribution in [0.3, 0.4) is 0 Å². The zero-order valence-electron chi connectivity index (χ0n) is 14.4. The van der Waals surface area contributed by atoms with Gasteiger partial charge in [0.05, 0.1) is 0 Å². The maximum absolute atomic E-state index is 13.2. The number of nitrogens with one attached hydrogen (secondary N) is 2. The lowest BCUT2D eigenvalue weighted by molar-refractivity contribution is 0.102. The summed E-state index contributed by atoms with van der Waals surface area (Å²) in [5.41, 5.74) is 1.10. The summed E-state index contributed by atoms with van der Waals surface area (Å²) in [6.45, 7) is 0.140. The lowest BCUT2D eigenvalue weighted by Crippen LogP contribution is -2.17. The molecule has 0 aliphatic carbocycles. The van der Waals surface area contributed by atoms with Crippen molar-refractivity contribution in [2.24, 2.45) is 0 Å². The average Bonchev–Trinajstić information content (AvgIpc) is 3.16. The highest BCUT2D eigenvalue weighted by Gasteiger charge is 2.16. The van der Waals surface area contributed by atoms with Gasteiger partial charge >= 0.3 is 0 Å². The van der Waals surface area contributed by atoms with Gasteiger partial charge in [-0.25, -0.2) is 4.39 Å². The molecule has 2 amide bonds. The van der Waals surface area contributed by atoms with Gasteiger partial charge in [-0.1, -0.05) is 6.07 Å². The fraction of sp³-hybridized carbons (Fsp3) is 0.0500. The van der Waals surface area contributed by atoms with E-state index in [1.54, 1.807) is 24.3 Å². The molecule has 3 aromatic rings. The molecule has 0 fully saturated rings. The van der Waals surface area contributed by atoms with E-state index in [4.69, 9.17) is 9.47 Å². The topological polar surface area (TPSA) is 89.6 Å². The Balaban J connectivity index is 1.48. The molecular formula is C20H14FN3O4. The van der Waals surface area contributed by atoms with Gasteiger partial charge in [0.2, 0.25) is 6.79 Å². The maximum atomic E-state index is 13.2. The first kappa shape index (κ1) is 17.5. The molecule has 0 saturated carbocycles. The number of hydrogen-bond acceptors (Lipinski definition) is 5. The minimum atomic E-state index is -0.552. The summed E-state index contributed by atoms with van der Waals surface area (Å²) in [6, 6.07) is 13.4. The van der Waals surface area contributed by atoms with E-state index in [2.05, 4.69) is 15.6 Å². The second-order valence-corrected chi connectivity index (χ2v) is 5.92. The lowest BCUT2D eigenvalue weighted by Gasteiger charge is -2.08. The van der Waals surface area contributed by atoms with Crippen LogP contribution in [0, 0.1) is 5.82 Å². The molecule has 2 aromatic carbocycles. The summed E-state index contributed by atoms with van der Waals surface area (Å²) >= 11 is 0. The van der Waals surface area contributed by atoms with Gasteiger partial charge in [-0.3, -0.25) is 14.6 Å². The third-order valence-electron chi connectivity index (χ3n) is 3.97. The molecule has 0 unspecified atom stereocenters. The molecule has 7 nitrogen and oxygen atoms in total. The minimum absolute atomic E-state index is 0.0302. The van der Waals surface area contributed by atoms with Crippen LogP contribution in [-0.4, -0.2) is 23.6 Å². The van der Waals surface area contributed by atoms with Gasteiger partial charge in [0.15, 0.2) is 11.5 Å². The summed E-state index contributed by atoms with van der Waals surface area (Å²) in [5.74, 6) is -0.284. The largest absolute Gasteiger partial charge is 0.454 e. The van der Waals surface area contributed by atoms with Crippen LogP contribution < -0.4 is 20.1 Å². The first-order chi connectivity index (χ1) is 13.6. The van der Waals surface area contributed by atoms with Crippen LogP contribution in [0.15, 0.2) is 60.8 Å². The SMILES string of the molecule is O=C(Nc1ccc2c(c1)OCO2)c1ccnc(C(=O)Nc2cccc(F)c2)c1. The van der Waals surface area contributed by atoms with E-state index in [9.17, 15) is 14.0 Å². The van der Waals surface area contributed by atoms with E-state index >= 15 is 0 Å². The Morgan fingerprint density at radius 1 is 0.893 bits per heavy atom. The van der Waals surface area contributed by atoms with Crippen molar-refractivity contribution in [3.8, 4) is 11.5 Å². The van der Waals surface area contributed by atoms with Gasteiger partial charge in [0, 0.05) is 29.2 Å². The number of aromatic nitrogens is 1. The maximum Gasteiger partial charge on any atom is 0.274 e. The second-order valence-electron chi connectivity index (χ2n) is 5.92. The van der Waals surface area contributed by atoms with E-state index in [1.807, 2.05) is 0 Å². The van der Waals surface area contributed by atoms with Crippen LogP contribution in [0.2, 0.25) is 0 Å². The molecule has 0 atom stereocenters. The van der Waals surface area contributed by atoms with Crippen molar-refractivity contribution < 1.29 is 23.5 Å². The van der Waals surface area contributed by atoms with Crippen LogP contribution in [0.1, 0.15) is 20.8 Å². The molecule has 0 spiro atoms. The molecule has 4 rings (SSSR count). The molecule has 0 saturated heterocycles. The zero-order chi connectivity index (χ0) is 19.5. The van der Waals surface area contributed by atoms with Crippen LogP contribution in [0.25, 0.3) is 0 Å². The molecule has 2 heterocycles. The molecule has 2 N–H and O–H groups in total. The number of anilines is 2. The fourth-order valence-corrected chi connectivity index (χ4v) is 2.63. The summed E-state index contributed by atoms with van der Waals surface area (Å²) in [6.07, 6.45) is 1.36. The highest BCUT2D eigenvalue weighted by atomic mass is 19.1. The Morgan fingerprint density at radius 3 is 2.54 bits per heavy atom. The lowest BCUT2D eigenvalue weighted by atomic mass is 10.2. The van der Waals surface area contributed by atoms with Crippen molar-refractivity contribution in [1.82, 2.24) is 4.98 Å². The zero-order valence-corrected chi connectivity index (χ0v) is 14.4. The van der Waals surface area contributed by atoms with Crippen LogP contribution in [0.5, 0.6) is 11.5 Å². The molecule has 8 heteroatoms.